The van der Waals surface area contributed by atoms with Gasteiger partial charge in [0.15, 0.2) is 0 Å². The number of fused-ring (bicyclic) bond motifs is 1. The van der Waals surface area contributed by atoms with E-state index in [1.807, 2.05) is 62.0 Å². The SMILES string of the molecule is CNCCN(C)c1cccc2c1[nH]c(=O)n2C1CCC(C(=O)Nc2ccc(C)c(OC)c2)CC1. The summed E-state index contributed by atoms with van der Waals surface area (Å²) in [6.45, 7) is 3.68. The molecule has 0 atom stereocenters. The predicted octanol–water partition coefficient (Wildman–Crippen LogP) is 3.67. The van der Waals surface area contributed by atoms with Crippen molar-refractivity contribution in [1.29, 1.82) is 0 Å². The minimum absolute atomic E-state index is 0.0316. The van der Waals surface area contributed by atoms with Gasteiger partial charge in [-0.2, -0.15) is 0 Å². The molecule has 8 heteroatoms. The van der Waals surface area contributed by atoms with Crippen molar-refractivity contribution in [2.45, 2.75) is 38.6 Å². The van der Waals surface area contributed by atoms with Crippen molar-refractivity contribution in [3.63, 3.8) is 0 Å². The Morgan fingerprint density at radius 3 is 2.68 bits per heavy atom. The lowest BCUT2D eigenvalue weighted by molar-refractivity contribution is -0.121. The normalized spacial score (nSPS) is 18.1. The summed E-state index contributed by atoms with van der Waals surface area (Å²) in [6.07, 6.45) is 3.09. The van der Waals surface area contributed by atoms with E-state index in [4.69, 9.17) is 4.74 Å². The van der Waals surface area contributed by atoms with Gasteiger partial charge in [-0.25, -0.2) is 4.79 Å². The van der Waals surface area contributed by atoms with Crippen molar-refractivity contribution < 1.29 is 9.53 Å². The van der Waals surface area contributed by atoms with Gasteiger partial charge in [0, 0.05) is 43.9 Å². The van der Waals surface area contributed by atoms with Gasteiger partial charge in [-0.3, -0.25) is 9.36 Å². The summed E-state index contributed by atoms with van der Waals surface area (Å²) in [5, 5.41) is 6.20. The molecule has 8 nitrogen and oxygen atoms in total. The Kier molecular flexibility index (Phi) is 7.26. The van der Waals surface area contributed by atoms with E-state index in [1.54, 1.807) is 7.11 Å². The zero-order valence-corrected chi connectivity index (χ0v) is 20.5. The van der Waals surface area contributed by atoms with Crippen LogP contribution in [0.25, 0.3) is 11.0 Å². The van der Waals surface area contributed by atoms with Crippen LogP contribution < -0.4 is 26.0 Å². The number of nitrogens with zero attached hydrogens (tertiary/aromatic N) is 2. The molecule has 4 rings (SSSR count). The molecule has 3 aromatic rings. The largest absolute Gasteiger partial charge is 0.496 e. The molecular weight excluding hydrogens is 430 g/mol. The zero-order chi connectivity index (χ0) is 24.2. The molecule has 0 spiro atoms. The van der Waals surface area contributed by atoms with E-state index in [1.165, 1.54) is 0 Å². The standard InChI is InChI=1S/C26H35N5O3/c1-17-8-11-19(16-23(17)34-4)28-25(32)18-9-12-20(13-10-18)31-22-7-5-6-21(24(22)29-26(31)33)30(3)15-14-27-2/h5-8,11,16,18,20,27H,9-10,12-15H2,1-4H3,(H,28,32)(H,29,33). The molecule has 1 amide bonds. The Morgan fingerprint density at radius 2 is 1.97 bits per heavy atom. The molecule has 1 fully saturated rings. The third kappa shape index (κ3) is 4.82. The van der Waals surface area contributed by atoms with Gasteiger partial charge in [-0.15, -0.1) is 0 Å². The van der Waals surface area contributed by atoms with E-state index in [0.29, 0.717) is 0 Å². The number of ether oxygens (including phenoxy) is 1. The molecule has 1 heterocycles. The van der Waals surface area contributed by atoms with Crippen LogP contribution in [0.15, 0.2) is 41.2 Å². The second-order valence-corrected chi connectivity index (χ2v) is 9.18. The fourth-order valence-electron chi connectivity index (χ4n) is 4.95. The van der Waals surface area contributed by atoms with E-state index in [0.717, 1.165) is 72.5 Å². The van der Waals surface area contributed by atoms with Crippen molar-refractivity contribution >= 4 is 28.3 Å². The summed E-state index contributed by atoms with van der Waals surface area (Å²) in [4.78, 5) is 31.1. The number of para-hydroxylation sites is 1. The summed E-state index contributed by atoms with van der Waals surface area (Å²) >= 11 is 0. The number of aromatic amines is 1. The van der Waals surface area contributed by atoms with Crippen LogP contribution in [-0.4, -0.2) is 49.8 Å². The highest BCUT2D eigenvalue weighted by Crippen LogP contribution is 2.35. The number of rotatable bonds is 8. The van der Waals surface area contributed by atoms with Crippen LogP contribution in [-0.2, 0) is 4.79 Å². The highest BCUT2D eigenvalue weighted by molar-refractivity contribution is 5.93. The minimum atomic E-state index is -0.0795. The van der Waals surface area contributed by atoms with Crippen molar-refractivity contribution in [2.24, 2.45) is 5.92 Å². The van der Waals surface area contributed by atoms with Crippen molar-refractivity contribution in [3.8, 4) is 5.75 Å². The predicted molar refractivity (Wildman–Crippen MR) is 137 cm³/mol. The van der Waals surface area contributed by atoms with Crippen LogP contribution in [0.2, 0.25) is 0 Å². The number of anilines is 2. The lowest BCUT2D eigenvalue weighted by atomic mass is 9.85. The number of aryl methyl sites for hydroxylation is 1. The highest BCUT2D eigenvalue weighted by Gasteiger charge is 2.29. The smallest absolute Gasteiger partial charge is 0.326 e. The van der Waals surface area contributed by atoms with Gasteiger partial charge in [0.1, 0.15) is 5.75 Å². The quantitative estimate of drug-likeness (QED) is 0.472. The second kappa shape index (κ2) is 10.3. The number of carbonyl (C=O) groups is 1. The van der Waals surface area contributed by atoms with E-state index < -0.39 is 0 Å². The van der Waals surface area contributed by atoms with Gasteiger partial charge in [0.2, 0.25) is 5.91 Å². The number of methoxy groups -OCH3 is 1. The molecular formula is C26H35N5O3. The molecule has 0 aliphatic heterocycles. The van der Waals surface area contributed by atoms with E-state index in [-0.39, 0.29) is 23.6 Å². The molecule has 0 bridgehead atoms. The van der Waals surface area contributed by atoms with Gasteiger partial charge in [-0.05, 0) is 63.4 Å². The number of aromatic nitrogens is 2. The van der Waals surface area contributed by atoms with Gasteiger partial charge in [-0.1, -0.05) is 12.1 Å². The number of imidazole rings is 1. The number of benzene rings is 2. The van der Waals surface area contributed by atoms with Crippen LogP contribution in [0.5, 0.6) is 5.75 Å². The van der Waals surface area contributed by atoms with E-state index >= 15 is 0 Å². The maximum absolute atomic E-state index is 13.0. The minimum Gasteiger partial charge on any atom is -0.496 e. The van der Waals surface area contributed by atoms with Crippen LogP contribution in [0.4, 0.5) is 11.4 Å². The van der Waals surface area contributed by atoms with Crippen LogP contribution in [0.3, 0.4) is 0 Å². The van der Waals surface area contributed by atoms with Gasteiger partial charge in [0.25, 0.3) is 0 Å². The average molecular weight is 466 g/mol. The summed E-state index contributed by atoms with van der Waals surface area (Å²) in [6, 6.07) is 11.8. The van der Waals surface area contributed by atoms with Gasteiger partial charge >= 0.3 is 5.69 Å². The molecule has 34 heavy (non-hydrogen) atoms. The number of nitrogens with one attached hydrogen (secondary N) is 3. The first kappa shape index (κ1) is 23.9. The summed E-state index contributed by atoms with van der Waals surface area (Å²) in [5.41, 5.74) is 4.52. The number of carbonyl (C=O) groups excluding carboxylic acids is 1. The summed E-state index contributed by atoms with van der Waals surface area (Å²) < 4.78 is 7.26. The third-order valence-electron chi connectivity index (χ3n) is 6.95. The first-order valence-corrected chi connectivity index (χ1v) is 12.0. The Hall–Kier alpha value is -3.26. The molecule has 1 aliphatic carbocycles. The molecule has 1 saturated carbocycles. The Bertz CT molecular complexity index is 1210. The third-order valence-corrected chi connectivity index (χ3v) is 6.95. The average Bonchev–Trinajstić information content (AvgIpc) is 3.19. The lowest BCUT2D eigenvalue weighted by Crippen LogP contribution is -2.31. The molecule has 0 unspecified atom stereocenters. The zero-order valence-electron chi connectivity index (χ0n) is 20.5. The van der Waals surface area contributed by atoms with Crippen LogP contribution in [0.1, 0.15) is 37.3 Å². The molecule has 1 aromatic heterocycles. The van der Waals surface area contributed by atoms with Crippen molar-refractivity contribution in [2.75, 3.05) is 44.5 Å². The molecule has 1 aliphatic rings. The first-order chi connectivity index (χ1) is 16.4. The monoisotopic (exact) mass is 465 g/mol. The van der Waals surface area contributed by atoms with Crippen LogP contribution in [0, 0.1) is 12.8 Å². The molecule has 2 aromatic carbocycles. The lowest BCUT2D eigenvalue weighted by Gasteiger charge is -2.28. The summed E-state index contributed by atoms with van der Waals surface area (Å²) in [7, 11) is 5.60. The fraction of sp³-hybridized carbons (Fsp3) is 0.462. The van der Waals surface area contributed by atoms with Crippen LogP contribution >= 0.6 is 0 Å². The molecule has 3 N–H and O–H groups in total. The molecule has 182 valence electrons. The van der Waals surface area contributed by atoms with Gasteiger partial charge < -0.3 is 25.3 Å². The number of likely N-dealkylation sites (N-methyl/N-ethyl adjacent to an activating group) is 2. The first-order valence-electron chi connectivity index (χ1n) is 12.0. The Balaban J connectivity index is 1.46. The maximum atomic E-state index is 13.0. The van der Waals surface area contributed by atoms with Crippen molar-refractivity contribution in [3.05, 3.63) is 52.4 Å². The Morgan fingerprint density at radius 1 is 1.21 bits per heavy atom. The summed E-state index contributed by atoms with van der Waals surface area (Å²) in [5.74, 6) is 0.730. The molecule has 0 saturated heterocycles. The highest BCUT2D eigenvalue weighted by atomic mass is 16.5. The second-order valence-electron chi connectivity index (χ2n) is 9.18. The van der Waals surface area contributed by atoms with Gasteiger partial charge in [0.05, 0.1) is 23.8 Å². The molecule has 0 radical (unpaired) electrons. The fourth-order valence-corrected chi connectivity index (χ4v) is 4.95. The Labute approximate surface area is 200 Å². The van der Waals surface area contributed by atoms with E-state index in [2.05, 4.69) is 20.5 Å². The van der Waals surface area contributed by atoms with E-state index in [9.17, 15) is 9.59 Å². The number of hydrogen-bond acceptors (Lipinski definition) is 5. The van der Waals surface area contributed by atoms with Crippen molar-refractivity contribution in [1.82, 2.24) is 14.9 Å². The number of hydrogen-bond donors (Lipinski definition) is 3. The number of amides is 1. The maximum Gasteiger partial charge on any atom is 0.326 e. The number of H-pyrrole nitrogens is 1. The topological polar surface area (TPSA) is 91.4 Å².